The first-order chi connectivity index (χ1) is 13.1. The Morgan fingerprint density at radius 2 is 1.93 bits per heavy atom. The van der Waals surface area contributed by atoms with Crippen LogP contribution < -0.4 is 5.56 Å². The second kappa shape index (κ2) is 7.07. The molecule has 0 spiro atoms. The van der Waals surface area contributed by atoms with Gasteiger partial charge < -0.3 is 14.3 Å². The third-order valence-electron chi connectivity index (χ3n) is 4.49. The lowest BCUT2D eigenvalue weighted by atomic mass is 10.1. The molecule has 4 rings (SSSR count). The van der Waals surface area contributed by atoms with Gasteiger partial charge in [-0.05, 0) is 24.6 Å². The second-order valence-electron chi connectivity index (χ2n) is 6.38. The van der Waals surface area contributed by atoms with Gasteiger partial charge >= 0.3 is 5.97 Å². The third kappa shape index (κ3) is 3.33. The standard InChI is InChI=1S/C21H19N3O3/c1-14(25)27-12-6-11-24-13-16(15-7-2-5-10-19(15)24)20-21(26)23-18-9-4-3-8-17(18)22-20/h2-5,7-10,13H,6,11-12H2,1H3,(H,23,26). The van der Waals surface area contributed by atoms with Crippen LogP contribution in [0.2, 0.25) is 0 Å². The quantitative estimate of drug-likeness (QED) is 0.436. The first kappa shape index (κ1) is 17.0. The molecule has 27 heavy (non-hydrogen) atoms. The Morgan fingerprint density at radius 1 is 1.15 bits per heavy atom. The highest BCUT2D eigenvalue weighted by molar-refractivity contribution is 5.95. The van der Waals surface area contributed by atoms with Crippen molar-refractivity contribution in [3.8, 4) is 11.3 Å². The van der Waals surface area contributed by atoms with E-state index in [-0.39, 0.29) is 11.5 Å². The molecule has 6 heteroatoms. The molecule has 0 saturated heterocycles. The fourth-order valence-electron chi connectivity index (χ4n) is 3.28. The van der Waals surface area contributed by atoms with Gasteiger partial charge in [-0.15, -0.1) is 0 Å². The number of esters is 1. The number of hydrogen-bond acceptors (Lipinski definition) is 4. The van der Waals surface area contributed by atoms with Gasteiger partial charge in [-0.2, -0.15) is 0 Å². The van der Waals surface area contributed by atoms with Crippen LogP contribution in [-0.2, 0) is 16.1 Å². The van der Waals surface area contributed by atoms with E-state index < -0.39 is 0 Å². The largest absolute Gasteiger partial charge is 0.466 e. The van der Waals surface area contributed by atoms with Crippen molar-refractivity contribution in [2.75, 3.05) is 6.61 Å². The van der Waals surface area contributed by atoms with E-state index in [1.807, 2.05) is 54.7 Å². The summed E-state index contributed by atoms with van der Waals surface area (Å²) in [6, 6.07) is 15.4. The fourth-order valence-corrected chi connectivity index (χ4v) is 3.28. The van der Waals surface area contributed by atoms with Crippen LogP contribution in [-0.4, -0.2) is 27.1 Å². The maximum atomic E-state index is 12.6. The zero-order chi connectivity index (χ0) is 18.8. The predicted octanol–water partition coefficient (Wildman–Crippen LogP) is 3.50. The second-order valence-corrected chi connectivity index (χ2v) is 6.38. The Morgan fingerprint density at radius 3 is 2.78 bits per heavy atom. The number of H-pyrrole nitrogens is 1. The first-order valence-corrected chi connectivity index (χ1v) is 8.84. The van der Waals surface area contributed by atoms with E-state index in [0.29, 0.717) is 25.3 Å². The van der Waals surface area contributed by atoms with E-state index in [0.717, 1.165) is 27.5 Å². The van der Waals surface area contributed by atoms with Crippen molar-refractivity contribution in [1.29, 1.82) is 0 Å². The van der Waals surface area contributed by atoms with Crippen LogP contribution in [0.15, 0.2) is 59.5 Å². The van der Waals surface area contributed by atoms with Crippen molar-refractivity contribution in [1.82, 2.24) is 14.5 Å². The predicted molar refractivity (Wildman–Crippen MR) is 105 cm³/mol. The highest BCUT2D eigenvalue weighted by Gasteiger charge is 2.15. The number of nitrogens with zero attached hydrogens (tertiary/aromatic N) is 2. The molecule has 0 aliphatic carbocycles. The number of carbonyl (C=O) groups excluding carboxylic acids is 1. The van der Waals surface area contributed by atoms with Gasteiger partial charge in [-0.25, -0.2) is 4.98 Å². The number of carbonyl (C=O) groups is 1. The Kier molecular flexibility index (Phi) is 4.46. The highest BCUT2D eigenvalue weighted by Crippen LogP contribution is 2.28. The molecule has 0 aliphatic heterocycles. The summed E-state index contributed by atoms with van der Waals surface area (Å²) in [4.78, 5) is 31.1. The molecule has 136 valence electrons. The molecule has 2 heterocycles. The van der Waals surface area contributed by atoms with Gasteiger partial charge in [-0.3, -0.25) is 9.59 Å². The molecule has 0 fully saturated rings. The highest BCUT2D eigenvalue weighted by atomic mass is 16.5. The topological polar surface area (TPSA) is 77.0 Å². The lowest BCUT2D eigenvalue weighted by Gasteiger charge is -2.05. The summed E-state index contributed by atoms with van der Waals surface area (Å²) in [5, 5.41) is 0.971. The third-order valence-corrected chi connectivity index (χ3v) is 4.49. The summed E-state index contributed by atoms with van der Waals surface area (Å²) in [6.45, 7) is 2.45. The monoisotopic (exact) mass is 361 g/mol. The van der Waals surface area contributed by atoms with Crippen LogP contribution in [0.3, 0.4) is 0 Å². The number of aryl methyl sites for hydroxylation is 1. The molecule has 0 radical (unpaired) electrons. The zero-order valence-corrected chi connectivity index (χ0v) is 14.9. The first-order valence-electron chi connectivity index (χ1n) is 8.84. The van der Waals surface area contributed by atoms with E-state index >= 15 is 0 Å². The molecule has 2 aromatic heterocycles. The van der Waals surface area contributed by atoms with E-state index in [1.165, 1.54) is 6.92 Å². The number of aromatic nitrogens is 3. The molecule has 0 amide bonds. The van der Waals surface area contributed by atoms with Gasteiger partial charge in [0, 0.05) is 36.1 Å². The minimum atomic E-state index is -0.278. The lowest BCUT2D eigenvalue weighted by Crippen LogP contribution is -2.11. The molecule has 6 nitrogen and oxygen atoms in total. The summed E-state index contributed by atoms with van der Waals surface area (Å²) >= 11 is 0. The number of benzene rings is 2. The normalized spacial score (nSPS) is 11.1. The zero-order valence-electron chi connectivity index (χ0n) is 14.9. The average molecular weight is 361 g/mol. The molecule has 0 bridgehead atoms. The van der Waals surface area contributed by atoms with Crippen LogP contribution in [0.4, 0.5) is 0 Å². The summed E-state index contributed by atoms with van der Waals surface area (Å²) in [6.07, 6.45) is 2.64. The molecule has 0 unspecified atom stereocenters. The number of fused-ring (bicyclic) bond motifs is 2. The van der Waals surface area contributed by atoms with Crippen LogP contribution in [0.1, 0.15) is 13.3 Å². The lowest BCUT2D eigenvalue weighted by molar-refractivity contribution is -0.141. The summed E-state index contributed by atoms with van der Waals surface area (Å²) in [5.74, 6) is -0.278. The van der Waals surface area contributed by atoms with Gasteiger partial charge in [-0.1, -0.05) is 30.3 Å². The van der Waals surface area contributed by atoms with Crippen molar-refractivity contribution in [3.63, 3.8) is 0 Å². The van der Waals surface area contributed by atoms with Gasteiger partial charge in [0.25, 0.3) is 5.56 Å². The minimum Gasteiger partial charge on any atom is -0.466 e. The number of nitrogens with one attached hydrogen (secondary N) is 1. The molecule has 2 aromatic carbocycles. The number of hydrogen-bond donors (Lipinski definition) is 1. The van der Waals surface area contributed by atoms with Crippen LogP contribution >= 0.6 is 0 Å². The molecule has 0 atom stereocenters. The van der Waals surface area contributed by atoms with E-state index in [9.17, 15) is 9.59 Å². The summed E-state index contributed by atoms with van der Waals surface area (Å²) < 4.78 is 7.09. The van der Waals surface area contributed by atoms with E-state index in [2.05, 4.69) is 14.5 Å². The van der Waals surface area contributed by atoms with Gasteiger partial charge in [0.2, 0.25) is 0 Å². The number of rotatable bonds is 5. The molecule has 0 aliphatic rings. The van der Waals surface area contributed by atoms with Crippen molar-refractivity contribution in [3.05, 3.63) is 65.1 Å². The summed E-state index contributed by atoms with van der Waals surface area (Å²) in [7, 11) is 0. The average Bonchev–Trinajstić information content (AvgIpc) is 3.03. The maximum Gasteiger partial charge on any atom is 0.302 e. The number of ether oxygens (including phenoxy) is 1. The van der Waals surface area contributed by atoms with Crippen molar-refractivity contribution >= 4 is 27.9 Å². The molecule has 4 aromatic rings. The molecular weight excluding hydrogens is 342 g/mol. The maximum absolute atomic E-state index is 12.6. The van der Waals surface area contributed by atoms with E-state index in [1.54, 1.807) is 0 Å². The Balaban J connectivity index is 1.77. The smallest absolute Gasteiger partial charge is 0.302 e. The van der Waals surface area contributed by atoms with E-state index in [4.69, 9.17) is 4.74 Å². The summed E-state index contributed by atoms with van der Waals surface area (Å²) in [5.41, 5.74) is 3.48. The number of para-hydroxylation sites is 3. The van der Waals surface area contributed by atoms with Crippen LogP contribution in [0, 0.1) is 0 Å². The Labute approximate surface area is 155 Å². The minimum absolute atomic E-state index is 0.212. The van der Waals surface area contributed by atoms with Crippen LogP contribution in [0.5, 0.6) is 0 Å². The van der Waals surface area contributed by atoms with Crippen molar-refractivity contribution in [2.24, 2.45) is 0 Å². The fraction of sp³-hybridized carbons (Fsp3) is 0.190. The molecule has 1 N–H and O–H groups in total. The van der Waals surface area contributed by atoms with Gasteiger partial charge in [0.15, 0.2) is 0 Å². The Bertz CT molecular complexity index is 1190. The van der Waals surface area contributed by atoms with Crippen LogP contribution in [0.25, 0.3) is 33.2 Å². The van der Waals surface area contributed by atoms with Crippen molar-refractivity contribution < 1.29 is 9.53 Å². The Hall–Kier alpha value is -3.41. The number of aromatic amines is 1. The van der Waals surface area contributed by atoms with Crippen molar-refractivity contribution in [2.45, 2.75) is 19.9 Å². The van der Waals surface area contributed by atoms with Gasteiger partial charge in [0.05, 0.1) is 17.6 Å². The van der Waals surface area contributed by atoms with Gasteiger partial charge in [0.1, 0.15) is 5.69 Å². The molecule has 0 saturated carbocycles. The molecular formula is C21H19N3O3. The SMILES string of the molecule is CC(=O)OCCCn1cc(-c2nc3ccccc3[nH]c2=O)c2ccccc21.